The lowest BCUT2D eigenvalue weighted by molar-refractivity contribution is 0.102. The third-order valence-corrected chi connectivity index (χ3v) is 4.39. The number of benzene rings is 2. The second-order valence-corrected chi connectivity index (χ2v) is 6.75. The molecule has 146 valence electrons. The van der Waals surface area contributed by atoms with Crippen LogP contribution < -0.4 is 14.8 Å². The van der Waals surface area contributed by atoms with Crippen LogP contribution in [0, 0.1) is 0 Å². The molecule has 1 amide bonds. The average molecular weight is 370 g/mol. The van der Waals surface area contributed by atoms with E-state index in [1.165, 1.54) is 19.3 Å². The number of hydrogen-bond donors (Lipinski definition) is 1. The minimum atomic E-state index is -0.148. The average Bonchev–Trinajstić information content (AvgIpc) is 2.68. The number of nitrogens with one attached hydrogen (secondary N) is 1. The van der Waals surface area contributed by atoms with Gasteiger partial charge in [-0.3, -0.25) is 4.79 Å². The van der Waals surface area contributed by atoms with Gasteiger partial charge in [-0.25, -0.2) is 0 Å². The molecule has 0 radical (unpaired) electrons. The van der Waals surface area contributed by atoms with Gasteiger partial charge in [-0.2, -0.15) is 0 Å². The molecule has 0 aliphatic carbocycles. The first-order valence-corrected chi connectivity index (χ1v) is 9.93. The Morgan fingerprint density at radius 3 is 2.48 bits per heavy atom. The van der Waals surface area contributed by atoms with Crippen molar-refractivity contribution in [1.82, 2.24) is 0 Å². The molecule has 0 saturated heterocycles. The van der Waals surface area contributed by atoms with Gasteiger partial charge in [-0.05, 0) is 56.2 Å². The number of ether oxygens (including phenoxy) is 2. The zero-order valence-corrected chi connectivity index (χ0v) is 16.7. The molecule has 4 nitrogen and oxygen atoms in total. The Morgan fingerprint density at radius 1 is 1.00 bits per heavy atom. The van der Waals surface area contributed by atoms with E-state index in [2.05, 4.69) is 19.2 Å². The monoisotopic (exact) mass is 369 g/mol. The molecule has 0 bridgehead atoms. The van der Waals surface area contributed by atoms with Crippen molar-refractivity contribution < 1.29 is 14.3 Å². The van der Waals surface area contributed by atoms with Gasteiger partial charge < -0.3 is 14.8 Å². The highest BCUT2D eigenvalue weighted by Gasteiger charge is 2.08. The fourth-order valence-corrected chi connectivity index (χ4v) is 2.59. The van der Waals surface area contributed by atoms with Gasteiger partial charge >= 0.3 is 0 Å². The third-order valence-electron chi connectivity index (χ3n) is 4.39. The highest BCUT2D eigenvalue weighted by Crippen LogP contribution is 2.20. The van der Waals surface area contributed by atoms with Gasteiger partial charge in [0.1, 0.15) is 11.5 Å². The Kier molecular flexibility index (Phi) is 8.69. The van der Waals surface area contributed by atoms with Crippen LogP contribution in [0.2, 0.25) is 0 Å². The van der Waals surface area contributed by atoms with Crippen molar-refractivity contribution in [3.05, 3.63) is 54.1 Å². The molecule has 0 aromatic heterocycles. The Balaban J connectivity index is 1.88. The van der Waals surface area contributed by atoms with Crippen LogP contribution in [0.1, 0.15) is 63.2 Å². The summed E-state index contributed by atoms with van der Waals surface area (Å²) in [6.07, 6.45) is 5.79. The maximum Gasteiger partial charge on any atom is 0.255 e. The summed E-state index contributed by atoms with van der Waals surface area (Å²) in [4.78, 5) is 12.5. The second-order valence-electron chi connectivity index (χ2n) is 6.75. The van der Waals surface area contributed by atoms with E-state index >= 15 is 0 Å². The smallest absolute Gasteiger partial charge is 0.255 e. The van der Waals surface area contributed by atoms with Crippen LogP contribution >= 0.6 is 0 Å². The van der Waals surface area contributed by atoms with Gasteiger partial charge in [0.2, 0.25) is 0 Å². The molecular formula is C23H31NO3. The van der Waals surface area contributed by atoms with Crippen LogP contribution in [0.5, 0.6) is 11.5 Å². The molecule has 1 N–H and O–H groups in total. The van der Waals surface area contributed by atoms with E-state index in [9.17, 15) is 4.79 Å². The van der Waals surface area contributed by atoms with Crippen LogP contribution in [0.15, 0.2) is 48.5 Å². The molecule has 0 aliphatic heterocycles. The number of unbranched alkanes of at least 4 members (excludes halogenated alkanes) is 3. The molecule has 4 heteroatoms. The van der Waals surface area contributed by atoms with Gasteiger partial charge in [0, 0.05) is 17.3 Å². The van der Waals surface area contributed by atoms with Gasteiger partial charge in [0.25, 0.3) is 5.91 Å². The lowest BCUT2D eigenvalue weighted by Crippen LogP contribution is -2.13. The molecule has 2 aromatic rings. The number of carbonyl (C=O) groups is 1. The van der Waals surface area contributed by atoms with Crippen molar-refractivity contribution in [3.8, 4) is 11.5 Å². The zero-order chi connectivity index (χ0) is 19.5. The van der Waals surface area contributed by atoms with Crippen molar-refractivity contribution in [2.75, 3.05) is 11.9 Å². The van der Waals surface area contributed by atoms with Crippen molar-refractivity contribution in [3.63, 3.8) is 0 Å². The maximum absolute atomic E-state index is 12.5. The van der Waals surface area contributed by atoms with Crippen molar-refractivity contribution in [1.29, 1.82) is 0 Å². The third kappa shape index (κ3) is 7.33. The maximum atomic E-state index is 12.5. The van der Waals surface area contributed by atoms with Crippen molar-refractivity contribution in [2.45, 2.75) is 59.0 Å². The Bertz CT molecular complexity index is 697. The van der Waals surface area contributed by atoms with E-state index in [-0.39, 0.29) is 12.0 Å². The van der Waals surface area contributed by atoms with E-state index in [4.69, 9.17) is 9.47 Å². The summed E-state index contributed by atoms with van der Waals surface area (Å²) in [7, 11) is 0. The standard InChI is InChI=1S/C23H31NO3/c1-4-6-7-8-16-26-22-11-9-10-20(17-22)24-23(25)19-12-14-21(15-13-19)27-18(3)5-2/h9-15,17-18H,4-8,16H2,1-3H3,(H,24,25). The Morgan fingerprint density at radius 2 is 1.78 bits per heavy atom. The van der Waals surface area contributed by atoms with Gasteiger partial charge in [0.05, 0.1) is 12.7 Å². The quantitative estimate of drug-likeness (QED) is 0.489. The molecule has 2 aromatic carbocycles. The summed E-state index contributed by atoms with van der Waals surface area (Å²) in [6.45, 7) is 7.00. The summed E-state index contributed by atoms with van der Waals surface area (Å²) >= 11 is 0. The SMILES string of the molecule is CCCCCCOc1cccc(NC(=O)c2ccc(OC(C)CC)cc2)c1. The fourth-order valence-electron chi connectivity index (χ4n) is 2.59. The highest BCUT2D eigenvalue weighted by atomic mass is 16.5. The van der Waals surface area contributed by atoms with E-state index in [1.54, 1.807) is 12.1 Å². The fraction of sp³-hybridized carbons (Fsp3) is 0.435. The topological polar surface area (TPSA) is 47.6 Å². The predicted molar refractivity (Wildman–Crippen MR) is 111 cm³/mol. The van der Waals surface area contributed by atoms with Gasteiger partial charge in [-0.15, -0.1) is 0 Å². The molecule has 0 spiro atoms. The lowest BCUT2D eigenvalue weighted by Gasteiger charge is -2.13. The molecule has 2 rings (SSSR count). The molecule has 27 heavy (non-hydrogen) atoms. The Hall–Kier alpha value is -2.49. The first-order valence-electron chi connectivity index (χ1n) is 9.93. The first kappa shape index (κ1) is 20.8. The summed E-state index contributed by atoms with van der Waals surface area (Å²) in [5, 5.41) is 2.92. The minimum absolute atomic E-state index is 0.148. The van der Waals surface area contributed by atoms with Gasteiger partial charge in [-0.1, -0.05) is 39.2 Å². The summed E-state index contributed by atoms with van der Waals surface area (Å²) in [6, 6.07) is 14.7. The molecule has 0 heterocycles. The minimum Gasteiger partial charge on any atom is -0.494 e. The second kappa shape index (κ2) is 11.3. The predicted octanol–water partition coefficient (Wildman–Crippen LogP) is 6.08. The van der Waals surface area contributed by atoms with E-state index < -0.39 is 0 Å². The molecule has 0 saturated carbocycles. The van der Waals surface area contributed by atoms with E-state index in [0.717, 1.165) is 30.0 Å². The normalized spacial score (nSPS) is 11.7. The molecule has 0 fully saturated rings. The van der Waals surface area contributed by atoms with Crippen LogP contribution in [-0.4, -0.2) is 18.6 Å². The van der Waals surface area contributed by atoms with Crippen LogP contribution in [0.3, 0.4) is 0 Å². The van der Waals surface area contributed by atoms with E-state index in [1.807, 2.05) is 43.3 Å². The number of anilines is 1. The molecule has 1 unspecified atom stereocenters. The van der Waals surface area contributed by atoms with Crippen LogP contribution in [0.25, 0.3) is 0 Å². The largest absolute Gasteiger partial charge is 0.494 e. The zero-order valence-electron chi connectivity index (χ0n) is 16.7. The number of carbonyl (C=O) groups excluding carboxylic acids is 1. The first-order chi connectivity index (χ1) is 13.1. The highest BCUT2D eigenvalue weighted by molar-refractivity contribution is 6.04. The van der Waals surface area contributed by atoms with Crippen molar-refractivity contribution >= 4 is 11.6 Å². The number of amides is 1. The summed E-state index contributed by atoms with van der Waals surface area (Å²) in [5.41, 5.74) is 1.32. The number of hydrogen-bond acceptors (Lipinski definition) is 3. The van der Waals surface area contributed by atoms with Crippen LogP contribution in [0.4, 0.5) is 5.69 Å². The molecular weight excluding hydrogens is 338 g/mol. The molecule has 1 atom stereocenters. The number of rotatable bonds is 11. The lowest BCUT2D eigenvalue weighted by atomic mass is 10.2. The van der Waals surface area contributed by atoms with Crippen molar-refractivity contribution in [2.24, 2.45) is 0 Å². The Labute approximate surface area is 162 Å². The summed E-state index contributed by atoms with van der Waals surface area (Å²) in [5.74, 6) is 1.41. The van der Waals surface area contributed by atoms with Gasteiger partial charge in [0.15, 0.2) is 0 Å². The summed E-state index contributed by atoms with van der Waals surface area (Å²) < 4.78 is 11.5. The van der Waals surface area contributed by atoms with Crippen LogP contribution in [-0.2, 0) is 0 Å². The van der Waals surface area contributed by atoms with E-state index in [0.29, 0.717) is 12.2 Å². The molecule has 0 aliphatic rings.